The van der Waals surface area contributed by atoms with Crippen molar-refractivity contribution in [1.29, 1.82) is 0 Å². The molecule has 1 aliphatic rings. The van der Waals surface area contributed by atoms with E-state index in [0.717, 1.165) is 12.5 Å². The zero-order valence-corrected chi connectivity index (χ0v) is 9.07. The third kappa shape index (κ3) is 3.14. The van der Waals surface area contributed by atoms with E-state index < -0.39 is 11.6 Å². The quantitative estimate of drug-likeness (QED) is 0.853. The van der Waals surface area contributed by atoms with Crippen LogP contribution in [0.15, 0.2) is 18.2 Å². The van der Waals surface area contributed by atoms with Crippen LogP contribution in [0.3, 0.4) is 0 Å². The average molecular weight is 234 g/mol. The topological polar surface area (TPSA) is 26.0 Å². The molecule has 1 aliphatic carbocycles. The Morgan fingerprint density at radius 3 is 2.53 bits per heavy atom. The standard InChI is InChI=1S/C11H13F2N.ClH/c12-8-3-4-9(10(13)6-8)11(14)5-7-1-2-7;/h3-4,6-7,11H,1-2,5,14H2;1H/t11-;/m1./s1. The summed E-state index contributed by atoms with van der Waals surface area (Å²) in [6, 6.07) is 3.30. The third-order valence-corrected chi connectivity index (χ3v) is 2.65. The van der Waals surface area contributed by atoms with Gasteiger partial charge in [0.25, 0.3) is 0 Å². The molecule has 0 amide bonds. The van der Waals surface area contributed by atoms with Gasteiger partial charge in [-0.1, -0.05) is 18.9 Å². The number of benzene rings is 1. The highest BCUT2D eigenvalue weighted by atomic mass is 35.5. The van der Waals surface area contributed by atoms with Crippen molar-refractivity contribution in [2.24, 2.45) is 11.7 Å². The van der Waals surface area contributed by atoms with Crippen LogP contribution in [0.5, 0.6) is 0 Å². The molecule has 15 heavy (non-hydrogen) atoms. The molecule has 0 saturated heterocycles. The van der Waals surface area contributed by atoms with E-state index >= 15 is 0 Å². The zero-order valence-electron chi connectivity index (χ0n) is 8.25. The first kappa shape index (κ1) is 12.4. The lowest BCUT2D eigenvalue weighted by Gasteiger charge is -2.11. The fourth-order valence-electron chi connectivity index (χ4n) is 1.64. The summed E-state index contributed by atoms with van der Waals surface area (Å²) in [4.78, 5) is 0. The van der Waals surface area contributed by atoms with Gasteiger partial charge in [-0.15, -0.1) is 12.4 Å². The maximum absolute atomic E-state index is 13.3. The molecule has 2 rings (SSSR count). The Labute approximate surface area is 94.1 Å². The Bertz CT molecular complexity index is 339. The molecule has 1 fully saturated rings. The van der Waals surface area contributed by atoms with E-state index in [1.807, 2.05) is 0 Å². The number of rotatable bonds is 3. The van der Waals surface area contributed by atoms with Gasteiger partial charge in [0.05, 0.1) is 0 Å². The number of halogens is 3. The van der Waals surface area contributed by atoms with Gasteiger partial charge in [0.2, 0.25) is 0 Å². The lowest BCUT2D eigenvalue weighted by molar-refractivity contribution is 0.529. The Hall–Kier alpha value is -0.670. The lowest BCUT2D eigenvalue weighted by Crippen LogP contribution is -2.12. The first-order chi connectivity index (χ1) is 6.66. The predicted octanol–water partition coefficient (Wildman–Crippen LogP) is 3.19. The van der Waals surface area contributed by atoms with Crippen LogP contribution < -0.4 is 5.73 Å². The van der Waals surface area contributed by atoms with Crippen molar-refractivity contribution in [2.75, 3.05) is 0 Å². The SMILES string of the molecule is Cl.N[C@H](CC1CC1)c1ccc(F)cc1F. The van der Waals surface area contributed by atoms with E-state index in [2.05, 4.69) is 0 Å². The van der Waals surface area contributed by atoms with Crippen LogP contribution in [0.1, 0.15) is 30.9 Å². The van der Waals surface area contributed by atoms with E-state index in [1.165, 1.54) is 25.0 Å². The minimum Gasteiger partial charge on any atom is -0.324 e. The van der Waals surface area contributed by atoms with Crippen molar-refractivity contribution in [2.45, 2.75) is 25.3 Å². The number of hydrogen-bond acceptors (Lipinski definition) is 1. The van der Waals surface area contributed by atoms with Crippen LogP contribution in [0, 0.1) is 17.6 Å². The second-order valence-corrected chi connectivity index (χ2v) is 3.95. The van der Waals surface area contributed by atoms with Crippen molar-refractivity contribution in [3.05, 3.63) is 35.4 Å². The third-order valence-electron chi connectivity index (χ3n) is 2.65. The Kier molecular flexibility index (Phi) is 4.05. The van der Waals surface area contributed by atoms with Crippen LogP contribution in [0.2, 0.25) is 0 Å². The maximum atomic E-state index is 13.3. The van der Waals surface area contributed by atoms with Crippen LogP contribution in [0.25, 0.3) is 0 Å². The van der Waals surface area contributed by atoms with E-state index in [9.17, 15) is 8.78 Å². The molecule has 0 aliphatic heterocycles. The minimum absolute atomic E-state index is 0. The van der Waals surface area contributed by atoms with Gasteiger partial charge in [0, 0.05) is 17.7 Å². The van der Waals surface area contributed by atoms with Gasteiger partial charge in [-0.05, 0) is 18.4 Å². The van der Waals surface area contributed by atoms with Gasteiger partial charge >= 0.3 is 0 Å². The molecule has 0 bridgehead atoms. The van der Waals surface area contributed by atoms with Gasteiger partial charge in [-0.25, -0.2) is 8.78 Å². The maximum Gasteiger partial charge on any atom is 0.130 e. The van der Waals surface area contributed by atoms with Crippen molar-refractivity contribution in [1.82, 2.24) is 0 Å². The molecular weight excluding hydrogens is 220 g/mol. The monoisotopic (exact) mass is 233 g/mol. The Morgan fingerprint density at radius 2 is 2.00 bits per heavy atom. The molecule has 0 heterocycles. The van der Waals surface area contributed by atoms with E-state index in [4.69, 9.17) is 5.73 Å². The van der Waals surface area contributed by atoms with Crippen molar-refractivity contribution < 1.29 is 8.78 Å². The molecule has 1 aromatic rings. The smallest absolute Gasteiger partial charge is 0.130 e. The summed E-state index contributed by atoms with van der Waals surface area (Å²) in [6.45, 7) is 0. The first-order valence-electron chi connectivity index (χ1n) is 4.87. The molecule has 0 aromatic heterocycles. The van der Waals surface area contributed by atoms with Crippen LogP contribution in [-0.4, -0.2) is 0 Å². The molecule has 0 unspecified atom stereocenters. The zero-order chi connectivity index (χ0) is 10.1. The highest BCUT2D eigenvalue weighted by Gasteiger charge is 2.25. The normalized spacial score (nSPS) is 17.0. The fourth-order valence-corrected chi connectivity index (χ4v) is 1.64. The van der Waals surface area contributed by atoms with Crippen molar-refractivity contribution in [3.63, 3.8) is 0 Å². The van der Waals surface area contributed by atoms with Gasteiger partial charge in [0.15, 0.2) is 0 Å². The summed E-state index contributed by atoms with van der Waals surface area (Å²) in [5.74, 6) is -0.433. The molecule has 4 heteroatoms. The van der Waals surface area contributed by atoms with Crippen molar-refractivity contribution in [3.8, 4) is 0 Å². The molecule has 2 N–H and O–H groups in total. The van der Waals surface area contributed by atoms with Crippen LogP contribution in [-0.2, 0) is 0 Å². The highest BCUT2D eigenvalue weighted by molar-refractivity contribution is 5.85. The van der Waals surface area contributed by atoms with Gasteiger partial charge in [0.1, 0.15) is 11.6 Å². The fraction of sp³-hybridized carbons (Fsp3) is 0.455. The van der Waals surface area contributed by atoms with E-state index in [1.54, 1.807) is 0 Å². The predicted molar refractivity (Wildman–Crippen MR) is 57.9 cm³/mol. The summed E-state index contributed by atoms with van der Waals surface area (Å²) in [7, 11) is 0. The largest absolute Gasteiger partial charge is 0.324 e. The second-order valence-electron chi connectivity index (χ2n) is 3.95. The van der Waals surface area contributed by atoms with E-state index in [-0.39, 0.29) is 18.4 Å². The summed E-state index contributed by atoms with van der Waals surface area (Å²) in [5, 5.41) is 0. The highest BCUT2D eigenvalue weighted by Crippen LogP contribution is 2.37. The number of hydrogen-bond donors (Lipinski definition) is 1. The van der Waals surface area contributed by atoms with Crippen molar-refractivity contribution >= 4 is 12.4 Å². The van der Waals surface area contributed by atoms with Gasteiger partial charge in [-0.3, -0.25) is 0 Å². The first-order valence-corrected chi connectivity index (χ1v) is 4.87. The number of nitrogens with two attached hydrogens (primary N) is 1. The summed E-state index contributed by atoms with van der Waals surface area (Å²) < 4.78 is 25.9. The van der Waals surface area contributed by atoms with E-state index in [0.29, 0.717) is 11.5 Å². The molecule has 84 valence electrons. The van der Waals surface area contributed by atoms with Gasteiger partial charge in [-0.2, -0.15) is 0 Å². The molecule has 0 spiro atoms. The minimum atomic E-state index is -0.551. The molecule has 0 radical (unpaired) electrons. The Morgan fingerprint density at radius 1 is 1.33 bits per heavy atom. The summed E-state index contributed by atoms with van der Waals surface area (Å²) >= 11 is 0. The van der Waals surface area contributed by atoms with Gasteiger partial charge < -0.3 is 5.73 Å². The molecule has 1 saturated carbocycles. The molecular formula is C11H14ClF2N. The van der Waals surface area contributed by atoms with Crippen LogP contribution in [0.4, 0.5) is 8.78 Å². The molecule has 1 atom stereocenters. The van der Waals surface area contributed by atoms with Crippen LogP contribution >= 0.6 is 12.4 Å². The second kappa shape index (κ2) is 4.90. The average Bonchev–Trinajstić information content (AvgIpc) is 2.87. The summed E-state index contributed by atoms with van der Waals surface area (Å²) in [6.07, 6.45) is 3.19. The summed E-state index contributed by atoms with van der Waals surface area (Å²) in [5.41, 5.74) is 6.25. The Balaban J connectivity index is 0.00000112. The molecule has 1 aromatic carbocycles. The lowest BCUT2D eigenvalue weighted by atomic mass is 10.0. The molecule has 1 nitrogen and oxygen atoms in total.